The number of ketones is 1. The lowest BCUT2D eigenvalue weighted by molar-refractivity contribution is -0.142. The van der Waals surface area contributed by atoms with Gasteiger partial charge in [-0.15, -0.1) is 0 Å². The van der Waals surface area contributed by atoms with Gasteiger partial charge in [0.2, 0.25) is 0 Å². The summed E-state index contributed by atoms with van der Waals surface area (Å²) in [5.74, 6) is 0.560. The van der Waals surface area contributed by atoms with Crippen LogP contribution in [0.4, 0.5) is 4.39 Å². The Morgan fingerprint density at radius 3 is 2.44 bits per heavy atom. The fourth-order valence-corrected chi connectivity index (χ4v) is 4.28. The molecule has 188 valence electrons. The molecule has 1 heterocycles. The molecule has 1 N–H and O–H groups in total. The summed E-state index contributed by atoms with van der Waals surface area (Å²) in [7, 11) is 1.62. The summed E-state index contributed by atoms with van der Waals surface area (Å²) in [5.41, 5.74) is 5.09. The van der Waals surface area contributed by atoms with Gasteiger partial charge in [0.05, 0.1) is 32.0 Å². The number of ether oxygens (including phenoxy) is 2. The predicted octanol–water partition coefficient (Wildman–Crippen LogP) is 5.13. The molecule has 0 unspecified atom stereocenters. The lowest BCUT2D eigenvalue weighted by Crippen LogP contribution is -2.21. The van der Waals surface area contributed by atoms with E-state index in [9.17, 15) is 14.0 Å². The van der Waals surface area contributed by atoms with Crippen molar-refractivity contribution in [3.63, 3.8) is 0 Å². The first-order valence-corrected chi connectivity index (χ1v) is 12.3. The summed E-state index contributed by atoms with van der Waals surface area (Å²) in [6.45, 7) is 3.15. The summed E-state index contributed by atoms with van der Waals surface area (Å²) in [5, 5.41) is 3.39. The summed E-state index contributed by atoms with van der Waals surface area (Å²) in [6.07, 6.45) is 3.85. The highest BCUT2D eigenvalue weighted by molar-refractivity contribution is 5.83. The second-order valence-electron chi connectivity index (χ2n) is 8.87. The van der Waals surface area contributed by atoms with Crippen LogP contribution in [0.1, 0.15) is 37.3 Å². The Bertz CT molecular complexity index is 1210. The molecular weight excluding hydrogens is 459 g/mol. The molecule has 0 spiro atoms. The van der Waals surface area contributed by atoms with Gasteiger partial charge < -0.3 is 14.8 Å². The first kappa shape index (κ1) is 25.5. The van der Waals surface area contributed by atoms with Gasteiger partial charge in [0.25, 0.3) is 0 Å². The lowest BCUT2D eigenvalue weighted by Gasteiger charge is -2.19. The van der Waals surface area contributed by atoms with E-state index in [0.717, 1.165) is 40.7 Å². The Kier molecular flexibility index (Phi) is 8.44. The molecule has 36 heavy (non-hydrogen) atoms. The largest absolute Gasteiger partial charge is 0.496 e. The number of halogens is 1. The molecule has 0 amide bonds. The maximum atomic E-state index is 13.3. The van der Waals surface area contributed by atoms with Crippen LogP contribution in [-0.2, 0) is 27.3 Å². The average molecular weight is 491 g/mol. The van der Waals surface area contributed by atoms with Gasteiger partial charge in [0.15, 0.2) is 0 Å². The van der Waals surface area contributed by atoms with Crippen LogP contribution in [0.15, 0.2) is 54.7 Å². The molecule has 0 bridgehead atoms. The Morgan fingerprint density at radius 1 is 1.06 bits per heavy atom. The molecule has 1 aromatic heterocycles. The minimum atomic E-state index is -0.380. The second-order valence-corrected chi connectivity index (χ2v) is 8.87. The summed E-state index contributed by atoms with van der Waals surface area (Å²) in [4.78, 5) is 28.6. The van der Waals surface area contributed by atoms with E-state index >= 15 is 0 Å². The number of hydrogen-bond donors (Lipinski definition) is 1. The Balaban J connectivity index is 1.64. The topological polar surface area (TPSA) is 77.5 Å². The first-order chi connectivity index (χ1) is 17.5. The van der Waals surface area contributed by atoms with E-state index in [1.807, 2.05) is 36.4 Å². The highest BCUT2D eigenvalue weighted by Gasteiger charge is 2.28. The van der Waals surface area contributed by atoms with Gasteiger partial charge in [-0.05, 0) is 54.7 Å². The van der Waals surface area contributed by atoms with Gasteiger partial charge in [0.1, 0.15) is 17.3 Å². The molecule has 7 heteroatoms. The number of nitrogens with one attached hydrogen (secondary N) is 1. The number of rotatable bonds is 12. The second kappa shape index (κ2) is 11.9. The Hall–Kier alpha value is -3.58. The van der Waals surface area contributed by atoms with Crippen LogP contribution in [-0.4, -0.2) is 37.0 Å². The van der Waals surface area contributed by atoms with Gasteiger partial charge in [-0.2, -0.15) is 0 Å². The molecule has 0 atom stereocenters. The van der Waals surface area contributed by atoms with E-state index < -0.39 is 0 Å². The SMILES string of the molecule is CCOC(=O)Cc1ccc(OC)c(-c2ccc(-c3ccc(F)cn3)cc2)c1CNCCC(=O)C1CC1. The molecule has 0 aliphatic heterocycles. The normalized spacial score (nSPS) is 12.9. The fourth-order valence-electron chi connectivity index (χ4n) is 4.28. The number of methoxy groups -OCH3 is 1. The maximum absolute atomic E-state index is 13.3. The average Bonchev–Trinajstić information content (AvgIpc) is 3.73. The summed E-state index contributed by atoms with van der Waals surface area (Å²) >= 11 is 0. The third-order valence-corrected chi connectivity index (χ3v) is 6.31. The van der Waals surface area contributed by atoms with E-state index in [4.69, 9.17) is 9.47 Å². The molecule has 0 saturated heterocycles. The van der Waals surface area contributed by atoms with Gasteiger partial charge in [-0.1, -0.05) is 30.3 Å². The Morgan fingerprint density at radius 2 is 1.81 bits per heavy atom. The molecule has 1 aliphatic carbocycles. The number of Topliss-reactive ketones (excluding diaryl/α,β-unsaturated/α-hetero) is 1. The minimum absolute atomic E-state index is 0.139. The van der Waals surface area contributed by atoms with Crippen molar-refractivity contribution in [2.75, 3.05) is 20.3 Å². The first-order valence-electron chi connectivity index (χ1n) is 12.3. The number of pyridine rings is 1. The van der Waals surface area contributed by atoms with Gasteiger partial charge >= 0.3 is 5.97 Å². The van der Waals surface area contributed by atoms with E-state index in [1.165, 1.54) is 12.3 Å². The van der Waals surface area contributed by atoms with Crippen molar-refractivity contribution >= 4 is 11.8 Å². The van der Waals surface area contributed by atoms with E-state index in [1.54, 1.807) is 20.1 Å². The molecule has 1 aliphatic rings. The van der Waals surface area contributed by atoms with Gasteiger partial charge in [0, 0.05) is 36.6 Å². The quantitative estimate of drug-likeness (QED) is 0.280. The van der Waals surface area contributed by atoms with Crippen molar-refractivity contribution in [2.45, 2.75) is 39.2 Å². The van der Waals surface area contributed by atoms with E-state index in [-0.39, 0.29) is 24.1 Å². The molecular formula is C29H31FN2O4. The van der Waals surface area contributed by atoms with Crippen molar-refractivity contribution in [3.05, 3.63) is 71.7 Å². The van der Waals surface area contributed by atoms with Crippen LogP contribution in [0.3, 0.4) is 0 Å². The zero-order chi connectivity index (χ0) is 25.5. The Labute approximate surface area is 210 Å². The van der Waals surface area contributed by atoms with Crippen LogP contribution in [0, 0.1) is 11.7 Å². The third kappa shape index (κ3) is 6.34. The molecule has 6 nitrogen and oxygen atoms in total. The number of benzene rings is 2. The molecule has 3 aromatic rings. The summed E-state index contributed by atoms with van der Waals surface area (Å²) in [6, 6.07) is 14.6. The van der Waals surface area contributed by atoms with Crippen LogP contribution >= 0.6 is 0 Å². The zero-order valence-corrected chi connectivity index (χ0v) is 20.7. The van der Waals surface area contributed by atoms with Gasteiger partial charge in [-0.3, -0.25) is 14.6 Å². The predicted molar refractivity (Wildman–Crippen MR) is 136 cm³/mol. The lowest BCUT2D eigenvalue weighted by atomic mass is 9.92. The third-order valence-electron chi connectivity index (χ3n) is 6.31. The van der Waals surface area contributed by atoms with Crippen molar-refractivity contribution in [1.82, 2.24) is 10.3 Å². The molecule has 2 aromatic carbocycles. The number of esters is 1. The van der Waals surface area contributed by atoms with Crippen molar-refractivity contribution in [3.8, 4) is 28.1 Å². The maximum Gasteiger partial charge on any atom is 0.310 e. The zero-order valence-electron chi connectivity index (χ0n) is 20.7. The van der Waals surface area contributed by atoms with E-state index in [2.05, 4.69) is 10.3 Å². The van der Waals surface area contributed by atoms with Crippen molar-refractivity contribution in [1.29, 1.82) is 0 Å². The number of carbonyl (C=O) groups is 2. The smallest absolute Gasteiger partial charge is 0.310 e. The number of carbonyl (C=O) groups excluding carboxylic acids is 2. The van der Waals surface area contributed by atoms with E-state index in [0.29, 0.717) is 43.3 Å². The molecule has 1 fully saturated rings. The fraction of sp³-hybridized carbons (Fsp3) is 0.345. The van der Waals surface area contributed by atoms with Crippen LogP contribution in [0.25, 0.3) is 22.4 Å². The number of hydrogen-bond acceptors (Lipinski definition) is 6. The summed E-state index contributed by atoms with van der Waals surface area (Å²) < 4.78 is 24.2. The van der Waals surface area contributed by atoms with Crippen molar-refractivity contribution < 1.29 is 23.5 Å². The molecule has 1 saturated carbocycles. The standard InChI is InChI=1S/C29H31FN2O4/c1-3-36-28(34)16-22-10-13-27(35-2)29(24(22)18-31-15-14-26(33)20-6-7-20)21-8-4-19(5-9-21)25-12-11-23(30)17-32-25/h4-5,8-13,17,20,31H,3,6-7,14-16,18H2,1-2H3. The number of nitrogens with zero attached hydrogens (tertiary/aromatic N) is 1. The molecule has 0 radical (unpaired) electrons. The highest BCUT2D eigenvalue weighted by atomic mass is 19.1. The minimum Gasteiger partial charge on any atom is -0.496 e. The monoisotopic (exact) mass is 490 g/mol. The highest BCUT2D eigenvalue weighted by Crippen LogP contribution is 2.37. The van der Waals surface area contributed by atoms with Crippen LogP contribution in [0.2, 0.25) is 0 Å². The van der Waals surface area contributed by atoms with Crippen LogP contribution < -0.4 is 10.1 Å². The number of aromatic nitrogens is 1. The van der Waals surface area contributed by atoms with Gasteiger partial charge in [-0.25, -0.2) is 4.39 Å². The molecule has 4 rings (SSSR count). The van der Waals surface area contributed by atoms with Crippen molar-refractivity contribution in [2.24, 2.45) is 5.92 Å². The van der Waals surface area contributed by atoms with Crippen LogP contribution in [0.5, 0.6) is 5.75 Å².